The summed E-state index contributed by atoms with van der Waals surface area (Å²) < 4.78 is 16.5. The Morgan fingerprint density at radius 3 is 1.78 bits per heavy atom. The van der Waals surface area contributed by atoms with Crippen molar-refractivity contribution in [3.8, 4) is 23.0 Å². The van der Waals surface area contributed by atoms with Gasteiger partial charge >= 0.3 is 5.97 Å². The molecule has 2 N–H and O–H groups in total. The third-order valence-corrected chi connectivity index (χ3v) is 5.20. The standard InChI is InChI=1S/C25H26O6.Zn/c1-25(2,18-6-13-23(26)22(16-18)24(27)28)17-4-7-20(8-5-17)30-14-15-31-21-11-9-19(29-3)10-12-21;/h4-13,16,26H,14-15H2,1-3H3,(H,27,28);. The van der Waals surface area contributed by atoms with E-state index in [1.807, 2.05) is 62.4 Å². The van der Waals surface area contributed by atoms with Crippen LogP contribution in [0.25, 0.3) is 0 Å². The fourth-order valence-corrected chi connectivity index (χ4v) is 3.22. The van der Waals surface area contributed by atoms with Crippen molar-refractivity contribution in [2.75, 3.05) is 20.3 Å². The van der Waals surface area contributed by atoms with Crippen LogP contribution in [0.3, 0.4) is 0 Å². The van der Waals surface area contributed by atoms with Crippen LogP contribution in [-0.4, -0.2) is 36.5 Å². The van der Waals surface area contributed by atoms with Crippen LogP contribution < -0.4 is 14.2 Å². The van der Waals surface area contributed by atoms with Crippen LogP contribution >= 0.6 is 0 Å². The molecule has 0 radical (unpaired) electrons. The normalized spacial score (nSPS) is 10.7. The number of aromatic carboxylic acids is 1. The van der Waals surface area contributed by atoms with E-state index in [4.69, 9.17) is 14.2 Å². The molecule has 0 amide bonds. The SMILES string of the molecule is COc1ccc(OCCOc2ccc(C(C)(C)c3ccc(O)c(C(=O)O)c3)cc2)cc1.[Zn]. The average molecular weight is 488 g/mol. The third-order valence-electron chi connectivity index (χ3n) is 5.20. The molecule has 3 rings (SSSR count). The number of carboxylic acids is 1. The first-order chi connectivity index (χ1) is 14.8. The smallest absolute Gasteiger partial charge is 0.339 e. The molecule has 0 aliphatic carbocycles. The first kappa shape index (κ1) is 25.2. The van der Waals surface area contributed by atoms with E-state index in [0.29, 0.717) is 13.2 Å². The fourth-order valence-electron chi connectivity index (χ4n) is 3.22. The van der Waals surface area contributed by atoms with Crippen molar-refractivity contribution < 1.29 is 48.7 Å². The summed E-state index contributed by atoms with van der Waals surface area (Å²) in [6, 6.07) is 19.7. The van der Waals surface area contributed by atoms with Crippen LogP contribution in [0.15, 0.2) is 66.7 Å². The summed E-state index contributed by atoms with van der Waals surface area (Å²) in [6.07, 6.45) is 0. The Bertz CT molecular complexity index is 1030. The van der Waals surface area contributed by atoms with Crippen molar-refractivity contribution in [1.29, 1.82) is 0 Å². The van der Waals surface area contributed by atoms with Crippen molar-refractivity contribution in [2.45, 2.75) is 19.3 Å². The molecule has 3 aromatic carbocycles. The van der Waals surface area contributed by atoms with Gasteiger partial charge < -0.3 is 24.4 Å². The summed E-state index contributed by atoms with van der Waals surface area (Å²) in [5, 5.41) is 19.0. The fraction of sp³-hybridized carbons (Fsp3) is 0.240. The number of aromatic hydroxyl groups is 1. The van der Waals surface area contributed by atoms with Crippen LogP contribution in [0.1, 0.15) is 35.3 Å². The number of carboxylic acid groups (broad SMARTS) is 1. The van der Waals surface area contributed by atoms with Crippen molar-refractivity contribution in [1.82, 2.24) is 0 Å². The summed E-state index contributed by atoms with van der Waals surface area (Å²) in [4.78, 5) is 11.3. The predicted octanol–water partition coefficient (Wildman–Crippen LogP) is 4.88. The maximum atomic E-state index is 11.3. The van der Waals surface area contributed by atoms with E-state index in [2.05, 4.69) is 0 Å². The van der Waals surface area contributed by atoms with Crippen LogP contribution in [0.4, 0.5) is 0 Å². The first-order valence-corrected chi connectivity index (χ1v) is 9.88. The minimum absolute atomic E-state index is 0. The molecule has 0 bridgehead atoms. The van der Waals surface area contributed by atoms with Gasteiger partial charge in [-0.3, -0.25) is 0 Å². The Balaban J connectivity index is 0.00000363. The van der Waals surface area contributed by atoms with Gasteiger partial charge in [-0.15, -0.1) is 0 Å². The number of phenols is 1. The molecule has 6 nitrogen and oxygen atoms in total. The molecule has 0 aliphatic heterocycles. The van der Waals surface area contributed by atoms with Crippen molar-refractivity contribution in [2.24, 2.45) is 0 Å². The molecule has 0 aliphatic rings. The zero-order valence-electron chi connectivity index (χ0n) is 18.5. The van der Waals surface area contributed by atoms with Gasteiger partial charge in [0.25, 0.3) is 0 Å². The van der Waals surface area contributed by atoms with Gasteiger partial charge in [-0.05, 0) is 59.7 Å². The summed E-state index contributed by atoms with van der Waals surface area (Å²) in [7, 11) is 1.62. The van der Waals surface area contributed by atoms with E-state index < -0.39 is 11.4 Å². The predicted molar refractivity (Wildman–Crippen MR) is 118 cm³/mol. The Kier molecular flexibility index (Phi) is 8.67. The second-order valence-corrected chi connectivity index (χ2v) is 7.56. The maximum absolute atomic E-state index is 11.3. The number of hydrogen-bond donors (Lipinski definition) is 2. The monoisotopic (exact) mass is 486 g/mol. The third kappa shape index (κ3) is 6.01. The number of hydrogen-bond acceptors (Lipinski definition) is 5. The van der Waals surface area contributed by atoms with E-state index in [1.165, 1.54) is 12.1 Å². The first-order valence-electron chi connectivity index (χ1n) is 9.88. The number of rotatable bonds is 9. The second-order valence-electron chi connectivity index (χ2n) is 7.56. The molecule has 0 aromatic heterocycles. The quantitative estimate of drug-likeness (QED) is 0.330. The van der Waals surface area contributed by atoms with Crippen LogP contribution in [0.5, 0.6) is 23.0 Å². The van der Waals surface area contributed by atoms with Gasteiger partial charge in [-0.2, -0.15) is 0 Å². The van der Waals surface area contributed by atoms with E-state index in [9.17, 15) is 15.0 Å². The van der Waals surface area contributed by atoms with E-state index in [-0.39, 0.29) is 30.8 Å². The van der Waals surface area contributed by atoms with Gasteiger partial charge in [0.1, 0.15) is 41.8 Å². The molecule has 0 spiro atoms. The van der Waals surface area contributed by atoms with Gasteiger partial charge in [-0.25, -0.2) is 4.79 Å². The molecule has 3 aromatic rings. The molecular weight excluding hydrogens is 462 g/mol. The number of ether oxygens (including phenoxy) is 3. The molecule has 0 saturated carbocycles. The van der Waals surface area contributed by atoms with Crippen LogP contribution in [0.2, 0.25) is 0 Å². The average Bonchev–Trinajstić information content (AvgIpc) is 2.77. The van der Waals surface area contributed by atoms with Crippen LogP contribution in [0, 0.1) is 0 Å². The van der Waals surface area contributed by atoms with Gasteiger partial charge in [0, 0.05) is 24.9 Å². The maximum Gasteiger partial charge on any atom is 0.339 e. The molecule has 0 fully saturated rings. The van der Waals surface area contributed by atoms with Crippen LogP contribution in [-0.2, 0) is 24.9 Å². The van der Waals surface area contributed by atoms with Gasteiger partial charge in [0.15, 0.2) is 0 Å². The number of carbonyl (C=O) groups is 1. The van der Waals surface area contributed by atoms with E-state index >= 15 is 0 Å². The molecular formula is C25H26O6Zn. The summed E-state index contributed by atoms with van der Waals surface area (Å²) >= 11 is 0. The van der Waals surface area contributed by atoms with E-state index in [0.717, 1.165) is 28.4 Å². The summed E-state index contributed by atoms with van der Waals surface area (Å²) in [5.74, 6) is 0.840. The molecule has 32 heavy (non-hydrogen) atoms. The zero-order valence-corrected chi connectivity index (χ0v) is 21.5. The molecule has 0 unspecified atom stereocenters. The Morgan fingerprint density at radius 1 is 0.812 bits per heavy atom. The second kappa shape index (κ2) is 11.0. The van der Waals surface area contributed by atoms with E-state index in [1.54, 1.807) is 13.2 Å². The largest absolute Gasteiger partial charge is 0.507 e. The minimum atomic E-state index is -1.16. The Morgan fingerprint density at radius 2 is 1.28 bits per heavy atom. The molecule has 0 heterocycles. The topological polar surface area (TPSA) is 85.2 Å². The van der Waals surface area contributed by atoms with Crippen molar-refractivity contribution in [3.05, 3.63) is 83.4 Å². The minimum Gasteiger partial charge on any atom is -0.507 e. The van der Waals surface area contributed by atoms with Crippen molar-refractivity contribution in [3.63, 3.8) is 0 Å². The van der Waals surface area contributed by atoms with Gasteiger partial charge in [0.05, 0.1) is 7.11 Å². The Labute approximate surface area is 200 Å². The zero-order chi connectivity index (χ0) is 22.4. The van der Waals surface area contributed by atoms with Crippen molar-refractivity contribution >= 4 is 5.97 Å². The van der Waals surface area contributed by atoms with Gasteiger partial charge in [0.2, 0.25) is 0 Å². The number of methoxy groups -OCH3 is 1. The molecule has 0 atom stereocenters. The van der Waals surface area contributed by atoms with Gasteiger partial charge in [-0.1, -0.05) is 32.0 Å². The summed E-state index contributed by atoms with van der Waals surface area (Å²) in [5.41, 5.74) is 1.23. The molecule has 7 heteroatoms. The Hall–Kier alpha value is -3.05. The molecule has 0 saturated heterocycles. The molecule has 164 valence electrons. The summed E-state index contributed by atoms with van der Waals surface area (Å²) in [6.45, 7) is 4.81. The number of benzene rings is 3.